The molecule has 4 aromatic carbocycles. The van der Waals surface area contributed by atoms with Gasteiger partial charge >= 0.3 is 5.97 Å². The van der Waals surface area contributed by atoms with E-state index in [1.807, 2.05) is 54.7 Å². The van der Waals surface area contributed by atoms with Crippen LogP contribution in [0.25, 0.3) is 44.4 Å². The number of para-hydroxylation sites is 2. The molecule has 3 aromatic heterocycles. The van der Waals surface area contributed by atoms with Crippen molar-refractivity contribution in [1.29, 1.82) is 0 Å². The van der Waals surface area contributed by atoms with Gasteiger partial charge in [-0.1, -0.05) is 48.5 Å². The van der Waals surface area contributed by atoms with Crippen molar-refractivity contribution in [2.24, 2.45) is 5.10 Å². The summed E-state index contributed by atoms with van der Waals surface area (Å²) in [6.07, 6.45) is 3.61. The van der Waals surface area contributed by atoms with Crippen LogP contribution >= 0.6 is 0 Å². The van der Waals surface area contributed by atoms with Crippen LogP contribution in [0, 0.1) is 0 Å². The maximum Gasteiger partial charge on any atom is 0.335 e. The molecule has 0 aliphatic heterocycles. The van der Waals surface area contributed by atoms with Gasteiger partial charge in [-0.05, 0) is 54.1 Å². The fourth-order valence-corrected chi connectivity index (χ4v) is 5.29. The first kappa shape index (κ1) is 26.0. The molecule has 9 nitrogen and oxygen atoms in total. The number of hydrogen-bond acceptors (Lipinski definition) is 6. The third kappa shape index (κ3) is 4.62. The third-order valence-electron chi connectivity index (χ3n) is 7.40. The Morgan fingerprint density at radius 1 is 0.953 bits per heavy atom. The molecule has 7 rings (SSSR count). The van der Waals surface area contributed by atoms with Gasteiger partial charge in [0.15, 0.2) is 5.76 Å². The van der Waals surface area contributed by atoms with Gasteiger partial charge in [0, 0.05) is 29.2 Å². The molecule has 0 atom stereocenters. The molecule has 0 aliphatic carbocycles. The lowest BCUT2D eigenvalue weighted by Gasteiger charge is -2.07. The van der Waals surface area contributed by atoms with Crippen LogP contribution in [0.2, 0.25) is 0 Å². The molecule has 0 saturated carbocycles. The lowest BCUT2D eigenvalue weighted by atomic mass is 10.1. The van der Waals surface area contributed by atoms with E-state index in [1.54, 1.807) is 61.9 Å². The largest absolute Gasteiger partial charge is 0.496 e. The molecule has 0 bridgehead atoms. The maximum atomic E-state index is 13.8. The number of nitrogens with zero attached hydrogens (tertiary/aromatic N) is 4. The number of aromatic carboxylic acids is 1. The van der Waals surface area contributed by atoms with Crippen LogP contribution in [0.4, 0.5) is 0 Å². The summed E-state index contributed by atoms with van der Waals surface area (Å²) in [5.74, 6) is 0.333. The van der Waals surface area contributed by atoms with Gasteiger partial charge in [0.2, 0.25) is 5.82 Å². The van der Waals surface area contributed by atoms with Crippen molar-refractivity contribution < 1.29 is 19.1 Å². The van der Waals surface area contributed by atoms with Crippen molar-refractivity contribution in [3.63, 3.8) is 0 Å². The second kappa shape index (κ2) is 10.5. The molecular weight excluding hydrogens is 544 g/mol. The van der Waals surface area contributed by atoms with Gasteiger partial charge in [0.1, 0.15) is 11.3 Å². The normalized spacial score (nSPS) is 11.7. The van der Waals surface area contributed by atoms with Crippen LogP contribution in [0.5, 0.6) is 5.75 Å². The minimum atomic E-state index is -0.962. The molecule has 0 aliphatic rings. The quantitative estimate of drug-likeness (QED) is 0.223. The van der Waals surface area contributed by atoms with Crippen LogP contribution < -0.4 is 10.3 Å². The van der Waals surface area contributed by atoms with E-state index in [1.165, 1.54) is 4.68 Å². The number of hydrogen-bond donors (Lipinski definition) is 1. The Bertz CT molecular complexity index is 2260. The molecule has 9 heteroatoms. The van der Waals surface area contributed by atoms with E-state index in [-0.39, 0.29) is 16.9 Å². The fraction of sp³-hybridized carbons (Fsp3) is 0.0588. The summed E-state index contributed by atoms with van der Waals surface area (Å²) < 4.78 is 15.0. The zero-order valence-electron chi connectivity index (χ0n) is 23.0. The van der Waals surface area contributed by atoms with Crippen molar-refractivity contribution in [3.8, 4) is 17.3 Å². The van der Waals surface area contributed by atoms with Crippen molar-refractivity contribution in [2.75, 3.05) is 7.11 Å². The smallest absolute Gasteiger partial charge is 0.335 e. The molecule has 7 aromatic rings. The Morgan fingerprint density at radius 2 is 1.72 bits per heavy atom. The molecule has 3 heterocycles. The minimum Gasteiger partial charge on any atom is -0.496 e. The van der Waals surface area contributed by atoms with Crippen LogP contribution in [-0.4, -0.2) is 38.6 Å². The number of carboxylic acid groups (broad SMARTS) is 1. The highest BCUT2D eigenvalue weighted by molar-refractivity contribution is 5.99. The zero-order chi connectivity index (χ0) is 29.5. The van der Waals surface area contributed by atoms with E-state index in [4.69, 9.17) is 14.1 Å². The fourth-order valence-electron chi connectivity index (χ4n) is 5.29. The third-order valence-corrected chi connectivity index (χ3v) is 7.40. The number of fused-ring (bicyclic) bond motifs is 3. The molecule has 0 saturated heterocycles. The standard InChI is InChI=1S/C34H24N4O5/c1-42-29-11-6-12-30-26(29)17-31(43-30)32-36-27-9-4-2-8-25(27)33(39)38(32)35-18-23-20-37(28-10-5-3-7-24(23)28)19-21-13-15-22(16-14-21)34(40)41/h2-18,20H,19H2,1H3,(H,40,41). The van der Waals surface area contributed by atoms with Crippen molar-refractivity contribution in [3.05, 3.63) is 130 Å². The van der Waals surface area contributed by atoms with Gasteiger partial charge in [-0.15, -0.1) is 0 Å². The second-order valence-corrected chi connectivity index (χ2v) is 10.0. The number of aromatic nitrogens is 3. The van der Waals surface area contributed by atoms with Gasteiger partial charge in [-0.25, -0.2) is 9.78 Å². The Labute approximate surface area is 244 Å². The van der Waals surface area contributed by atoms with Crippen molar-refractivity contribution >= 4 is 45.0 Å². The summed E-state index contributed by atoms with van der Waals surface area (Å²) in [5, 5.41) is 16.0. The Morgan fingerprint density at radius 3 is 2.51 bits per heavy atom. The molecule has 0 unspecified atom stereocenters. The van der Waals surface area contributed by atoms with Crippen LogP contribution in [0.3, 0.4) is 0 Å². The summed E-state index contributed by atoms with van der Waals surface area (Å²) in [6.45, 7) is 0.526. The number of benzene rings is 4. The summed E-state index contributed by atoms with van der Waals surface area (Å²) >= 11 is 0. The lowest BCUT2D eigenvalue weighted by molar-refractivity contribution is 0.0697. The highest BCUT2D eigenvalue weighted by Crippen LogP contribution is 2.33. The first-order valence-electron chi connectivity index (χ1n) is 13.5. The van der Waals surface area contributed by atoms with Gasteiger partial charge in [-0.2, -0.15) is 9.78 Å². The summed E-state index contributed by atoms with van der Waals surface area (Å²) in [5.41, 5.74) is 3.77. The van der Waals surface area contributed by atoms with Crippen LogP contribution in [-0.2, 0) is 6.54 Å². The lowest BCUT2D eigenvalue weighted by Crippen LogP contribution is -2.20. The van der Waals surface area contributed by atoms with Gasteiger partial charge in [0.25, 0.3) is 5.56 Å². The first-order chi connectivity index (χ1) is 21.0. The molecule has 0 spiro atoms. The number of furan rings is 1. The van der Waals surface area contributed by atoms with E-state index in [2.05, 4.69) is 9.67 Å². The van der Waals surface area contributed by atoms with Gasteiger partial charge in [0.05, 0.1) is 35.2 Å². The predicted octanol–water partition coefficient (Wildman–Crippen LogP) is 6.40. The van der Waals surface area contributed by atoms with Gasteiger partial charge in [-0.3, -0.25) is 4.79 Å². The van der Waals surface area contributed by atoms with Crippen LogP contribution in [0.15, 0.2) is 118 Å². The van der Waals surface area contributed by atoms with Crippen molar-refractivity contribution in [2.45, 2.75) is 6.54 Å². The summed E-state index contributed by atoms with van der Waals surface area (Å²) in [4.78, 5) is 29.8. The molecule has 0 fully saturated rings. The molecule has 1 N–H and O–H groups in total. The van der Waals surface area contributed by atoms with E-state index in [0.29, 0.717) is 34.5 Å². The maximum absolute atomic E-state index is 13.8. The highest BCUT2D eigenvalue weighted by Gasteiger charge is 2.18. The monoisotopic (exact) mass is 568 g/mol. The molecular formula is C34H24N4O5. The predicted molar refractivity (Wildman–Crippen MR) is 165 cm³/mol. The van der Waals surface area contributed by atoms with Gasteiger partial charge < -0.3 is 18.8 Å². The zero-order valence-corrected chi connectivity index (χ0v) is 23.0. The van der Waals surface area contributed by atoms with E-state index >= 15 is 0 Å². The Hall–Kier alpha value is -5.96. The van der Waals surface area contributed by atoms with Crippen molar-refractivity contribution in [1.82, 2.24) is 14.2 Å². The molecule has 0 amide bonds. The summed E-state index contributed by atoms with van der Waals surface area (Å²) in [7, 11) is 1.59. The summed E-state index contributed by atoms with van der Waals surface area (Å²) in [6, 6.07) is 29.2. The van der Waals surface area contributed by atoms with E-state index < -0.39 is 5.97 Å². The number of carbonyl (C=O) groups is 1. The first-order valence-corrected chi connectivity index (χ1v) is 13.5. The molecule has 210 valence electrons. The number of ether oxygens (including phenoxy) is 1. The highest BCUT2D eigenvalue weighted by atomic mass is 16.5. The van der Waals surface area contributed by atoms with Crippen LogP contribution in [0.1, 0.15) is 21.5 Å². The molecule has 43 heavy (non-hydrogen) atoms. The minimum absolute atomic E-state index is 0.238. The Kier molecular flexibility index (Phi) is 6.32. The number of methoxy groups -OCH3 is 1. The number of rotatable bonds is 7. The molecule has 0 radical (unpaired) electrons. The average molecular weight is 569 g/mol. The SMILES string of the molecule is COc1cccc2oc(-c3nc4ccccc4c(=O)n3N=Cc3cn(Cc4ccc(C(=O)O)cc4)c4ccccc34)cc12. The second-order valence-electron chi connectivity index (χ2n) is 10.0. The van der Waals surface area contributed by atoms with E-state index in [0.717, 1.165) is 27.4 Å². The van der Waals surface area contributed by atoms with E-state index in [9.17, 15) is 14.7 Å². The number of carboxylic acids is 1. The topological polar surface area (TPSA) is 112 Å². The average Bonchev–Trinajstić information content (AvgIpc) is 3.62. The Balaban J connectivity index is 1.35.